The van der Waals surface area contributed by atoms with Crippen LogP contribution in [0.5, 0.6) is 0 Å². The SMILES string of the molecule is O=C(O)[C@@H]1CNCCN(Cc2cnc(CC3CCCC3)[nH]2)C1. The molecule has 0 unspecified atom stereocenters. The summed E-state index contributed by atoms with van der Waals surface area (Å²) in [5.74, 6) is 0.830. The lowest BCUT2D eigenvalue weighted by molar-refractivity contribution is -0.142. The molecule has 6 nitrogen and oxygen atoms in total. The molecule has 0 bridgehead atoms. The molecule has 1 aromatic rings. The lowest BCUT2D eigenvalue weighted by Gasteiger charge is -2.20. The molecular weight excluding hydrogens is 280 g/mol. The van der Waals surface area contributed by atoms with E-state index in [1.54, 1.807) is 0 Å². The lowest BCUT2D eigenvalue weighted by atomic mass is 10.0. The number of rotatable bonds is 5. The fourth-order valence-electron chi connectivity index (χ4n) is 3.61. The first-order valence-corrected chi connectivity index (χ1v) is 8.39. The van der Waals surface area contributed by atoms with E-state index in [1.165, 1.54) is 25.7 Å². The molecule has 2 heterocycles. The number of imidazole rings is 1. The second-order valence-electron chi connectivity index (χ2n) is 6.68. The fraction of sp³-hybridized carbons (Fsp3) is 0.750. The molecule has 6 heteroatoms. The maximum Gasteiger partial charge on any atom is 0.309 e. The molecule has 2 aliphatic rings. The Balaban J connectivity index is 1.55. The average Bonchev–Trinajstić information content (AvgIpc) is 3.08. The predicted octanol–water partition coefficient (Wildman–Crippen LogP) is 1.25. The van der Waals surface area contributed by atoms with Crippen LogP contribution in [0.1, 0.15) is 37.2 Å². The Morgan fingerprint density at radius 1 is 1.41 bits per heavy atom. The third-order valence-corrected chi connectivity index (χ3v) is 4.86. The van der Waals surface area contributed by atoms with Crippen LogP contribution in [0.15, 0.2) is 6.20 Å². The monoisotopic (exact) mass is 306 g/mol. The highest BCUT2D eigenvalue weighted by Crippen LogP contribution is 2.27. The van der Waals surface area contributed by atoms with Crippen molar-refractivity contribution in [3.8, 4) is 0 Å². The first kappa shape index (κ1) is 15.5. The number of aromatic amines is 1. The third kappa shape index (κ3) is 4.08. The number of aromatic nitrogens is 2. The van der Waals surface area contributed by atoms with Crippen LogP contribution in [0.4, 0.5) is 0 Å². The van der Waals surface area contributed by atoms with Crippen molar-refractivity contribution in [2.45, 2.75) is 38.6 Å². The molecule has 0 spiro atoms. The highest BCUT2D eigenvalue weighted by Gasteiger charge is 2.24. The van der Waals surface area contributed by atoms with Gasteiger partial charge in [0.2, 0.25) is 0 Å². The van der Waals surface area contributed by atoms with Crippen molar-refractivity contribution in [2.75, 3.05) is 26.2 Å². The zero-order valence-corrected chi connectivity index (χ0v) is 13.1. The van der Waals surface area contributed by atoms with E-state index < -0.39 is 5.97 Å². The number of aliphatic carboxylic acids is 1. The van der Waals surface area contributed by atoms with Crippen molar-refractivity contribution < 1.29 is 9.90 Å². The third-order valence-electron chi connectivity index (χ3n) is 4.86. The van der Waals surface area contributed by atoms with Gasteiger partial charge in [-0.05, 0) is 5.92 Å². The van der Waals surface area contributed by atoms with Crippen LogP contribution in [0, 0.1) is 11.8 Å². The summed E-state index contributed by atoms with van der Waals surface area (Å²) in [6.07, 6.45) is 8.34. The van der Waals surface area contributed by atoms with Crippen LogP contribution in [0.25, 0.3) is 0 Å². The van der Waals surface area contributed by atoms with E-state index in [4.69, 9.17) is 0 Å². The number of nitrogens with one attached hydrogen (secondary N) is 2. The quantitative estimate of drug-likeness (QED) is 0.763. The molecular formula is C16H26N4O2. The summed E-state index contributed by atoms with van der Waals surface area (Å²) in [6, 6.07) is 0. The molecule has 1 aliphatic carbocycles. The van der Waals surface area contributed by atoms with Gasteiger partial charge in [0.15, 0.2) is 0 Å². The van der Waals surface area contributed by atoms with Crippen LogP contribution in [0.2, 0.25) is 0 Å². The topological polar surface area (TPSA) is 81.2 Å². The zero-order chi connectivity index (χ0) is 15.4. The van der Waals surface area contributed by atoms with Gasteiger partial charge in [-0.1, -0.05) is 25.7 Å². The predicted molar refractivity (Wildman–Crippen MR) is 83.5 cm³/mol. The summed E-state index contributed by atoms with van der Waals surface area (Å²) in [6.45, 7) is 3.62. The van der Waals surface area contributed by atoms with Gasteiger partial charge in [-0.2, -0.15) is 0 Å². The van der Waals surface area contributed by atoms with Gasteiger partial charge in [-0.15, -0.1) is 0 Å². The second kappa shape index (κ2) is 7.24. The lowest BCUT2D eigenvalue weighted by Crippen LogP contribution is -2.33. The molecule has 0 aromatic carbocycles. The molecule has 22 heavy (non-hydrogen) atoms. The summed E-state index contributed by atoms with van der Waals surface area (Å²) < 4.78 is 0. The first-order chi connectivity index (χ1) is 10.7. The number of carboxylic acid groups (broad SMARTS) is 1. The Labute approximate surface area is 131 Å². The van der Waals surface area contributed by atoms with E-state index >= 15 is 0 Å². The van der Waals surface area contributed by atoms with E-state index in [0.29, 0.717) is 13.1 Å². The van der Waals surface area contributed by atoms with Crippen LogP contribution in [0.3, 0.4) is 0 Å². The normalized spacial score (nSPS) is 24.5. The minimum absolute atomic E-state index is 0.330. The van der Waals surface area contributed by atoms with Crippen LogP contribution in [-0.2, 0) is 17.8 Å². The highest BCUT2D eigenvalue weighted by atomic mass is 16.4. The Hall–Kier alpha value is -1.40. The van der Waals surface area contributed by atoms with Gasteiger partial charge in [0.05, 0.1) is 5.92 Å². The van der Waals surface area contributed by atoms with Gasteiger partial charge >= 0.3 is 5.97 Å². The van der Waals surface area contributed by atoms with Gasteiger partial charge < -0.3 is 15.4 Å². The number of carboxylic acids is 1. The molecule has 3 N–H and O–H groups in total. The summed E-state index contributed by atoms with van der Waals surface area (Å²) in [5.41, 5.74) is 1.10. The molecule has 2 fully saturated rings. The van der Waals surface area contributed by atoms with Crippen molar-refractivity contribution in [2.24, 2.45) is 11.8 Å². The van der Waals surface area contributed by atoms with E-state index in [0.717, 1.165) is 43.5 Å². The van der Waals surface area contributed by atoms with E-state index in [9.17, 15) is 9.90 Å². The van der Waals surface area contributed by atoms with E-state index in [-0.39, 0.29) is 5.92 Å². The number of nitrogens with zero attached hydrogens (tertiary/aromatic N) is 2. The number of hydrogen-bond donors (Lipinski definition) is 3. The molecule has 0 radical (unpaired) electrons. The Morgan fingerprint density at radius 3 is 3.00 bits per heavy atom. The number of hydrogen-bond acceptors (Lipinski definition) is 4. The van der Waals surface area contributed by atoms with Crippen molar-refractivity contribution in [1.29, 1.82) is 0 Å². The molecule has 3 rings (SSSR count). The van der Waals surface area contributed by atoms with Crippen molar-refractivity contribution in [1.82, 2.24) is 20.2 Å². The van der Waals surface area contributed by atoms with Gasteiger partial charge in [0.1, 0.15) is 5.82 Å². The molecule has 0 amide bonds. The summed E-state index contributed by atoms with van der Waals surface area (Å²) in [5, 5.41) is 12.4. The summed E-state index contributed by atoms with van der Waals surface area (Å²) in [7, 11) is 0. The largest absolute Gasteiger partial charge is 0.481 e. The Bertz CT molecular complexity index is 496. The Kier molecular flexibility index (Phi) is 5.10. The minimum atomic E-state index is -0.717. The fourth-order valence-corrected chi connectivity index (χ4v) is 3.61. The van der Waals surface area contributed by atoms with Gasteiger partial charge in [0, 0.05) is 51.0 Å². The van der Waals surface area contributed by atoms with Crippen LogP contribution >= 0.6 is 0 Å². The maximum absolute atomic E-state index is 11.2. The molecule has 1 aliphatic heterocycles. The van der Waals surface area contributed by atoms with Crippen molar-refractivity contribution in [3.63, 3.8) is 0 Å². The van der Waals surface area contributed by atoms with Gasteiger partial charge in [-0.25, -0.2) is 4.98 Å². The highest BCUT2D eigenvalue weighted by molar-refractivity contribution is 5.70. The van der Waals surface area contributed by atoms with Gasteiger partial charge in [-0.3, -0.25) is 9.69 Å². The second-order valence-corrected chi connectivity index (χ2v) is 6.68. The molecule has 1 saturated heterocycles. The van der Waals surface area contributed by atoms with Crippen LogP contribution in [-0.4, -0.2) is 52.1 Å². The maximum atomic E-state index is 11.2. The average molecular weight is 306 g/mol. The molecule has 1 saturated carbocycles. The molecule has 122 valence electrons. The van der Waals surface area contributed by atoms with Gasteiger partial charge in [0.25, 0.3) is 0 Å². The standard InChI is InChI=1S/C16H26N4O2/c21-16(22)13-8-17-5-6-20(10-13)11-14-9-18-15(19-14)7-12-3-1-2-4-12/h9,12-13,17H,1-8,10-11H2,(H,18,19)(H,21,22)/t13-/m1/s1. The van der Waals surface area contributed by atoms with Crippen LogP contribution < -0.4 is 5.32 Å². The summed E-state index contributed by atoms with van der Waals surface area (Å²) in [4.78, 5) is 21.4. The number of H-pyrrole nitrogens is 1. The van der Waals surface area contributed by atoms with Crippen molar-refractivity contribution >= 4 is 5.97 Å². The smallest absolute Gasteiger partial charge is 0.309 e. The summed E-state index contributed by atoms with van der Waals surface area (Å²) >= 11 is 0. The minimum Gasteiger partial charge on any atom is -0.481 e. The first-order valence-electron chi connectivity index (χ1n) is 8.39. The molecule has 1 atom stereocenters. The zero-order valence-electron chi connectivity index (χ0n) is 13.1. The molecule has 1 aromatic heterocycles. The Morgan fingerprint density at radius 2 is 2.23 bits per heavy atom. The van der Waals surface area contributed by atoms with E-state index in [1.807, 2.05) is 6.20 Å². The number of carbonyl (C=O) groups is 1. The van der Waals surface area contributed by atoms with Crippen molar-refractivity contribution in [3.05, 3.63) is 17.7 Å². The van der Waals surface area contributed by atoms with E-state index in [2.05, 4.69) is 20.2 Å².